The zero-order chi connectivity index (χ0) is 28.5. The third-order valence-corrected chi connectivity index (χ3v) is 7.21. The fraction of sp³-hybridized carbons (Fsp3) is 0.457. The Morgan fingerprint density at radius 2 is 0.860 bits per heavy atom. The summed E-state index contributed by atoms with van der Waals surface area (Å²) < 4.78 is 0. The van der Waals surface area contributed by atoms with Gasteiger partial charge in [0.1, 0.15) is 0 Å². The van der Waals surface area contributed by atoms with Crippen molar-refractivity contribution in [3.63, 3.8) is 0 Å². The van der Waals surface area contributed by atoms with Crippen LogP contribution in [0.2, 0.25) is 5.02 Å². The quantitative estimate of drug-likeness (QED) is 0.264. The largest absolute Gasteiger partial charge is 3.00 e. The molecule has 43 heavy (non-hydrogen) atoms. The van der Waals surface area contributed by atoms with Crippen molar-refractivity contribution >= 4 is 34.4 Å². The van der Waals surface area contributed by atoms with Gasteiger partial charge < -0.3 is 37.2 Å². The second-order valence-electron chi connectivity index (χ2n) is 10.8. The maximum Gasteiger partial charge on any atom is 3.00 e. The van der Waals surface area contributed by atoms with Gasteiger partial charge in [-0.25, -0.2) is 4.98 Å². The normalized spacial score (nSPS) is 11.2. The topological polar surface area (TPSA) is 37.6 Å². The number of aromatic nitrogens is 1. The van der Waals surface area contributed by atoms with Gasteiger partial charge >= 0.3 is 18.6 Å². The van der Waals surface area contributed by atoms with Gasteiger partial charge in [0.25, 0.3) is 0 Å². The first-order valence-electron chi connectivity index (χ1n) is 14.7. The molecule has 2 aromatic carbocycles. The molecule has 3 rings (SSSR count). The summed E-state index contributed by atoms with van der Waals surface area (Å²) in [5.74, 6) is 0. The van der Waals surface area contributed by atoms with Crippen LogP contribution in [0.1, 0.15) is 112 Å². The first kappa shape index (κ1) is 43.8. The summed E-state index contributed by atoms with van der Waals surface area (Å²) in [5, 5.41) is 0.650. The van der Waals surface area contributed by atoms with Gasteiger partial charge in [0, 0.05) is 5.02 Å². The molecule has 0 N–H and O–H groups in total. The summed E-state index contributed by atoms with van der Waals surface area (Å²) >= 11 is 6.66. The second-order valence-corrected chi connectivity index (χ2v) is 11.3. The Bertz CT molecular complexity index is 1220. The minimum absolute atomic E-state index is 0. The first-order valence-corrected chi connectivity index (χ1v) is 15.1. The molecule has 0 aliphatic heterocycles. The Morgan fingerprint density at radius 3 is 1.12 bits per heavy atom. The Kier molecular flexibility index (Phi) is 21.8. The van der Waals surface area contributed by atoms with Gasteiger partial charge in [0.05, 0.1) is 34.2 Å². The van der Waals surface area contributed by atoms with E-state index in [1.165, 1.54) is 33.4 Å². The van der Waals surface area contributed by atoms with Crippen molar-refractivity contribution in [2.24, 2.45) is 9.98 Å². The third kappa shape index (κ3) is 12.2. The Morgan fingerprint density at radius 1 is 0.581 bits per heavy atom. The number of halogens is 4. The zero-order valence-corrected chi connectivity index (χ0v) is 31.3. The molecule has 1 heterocycles. The van der Waals surface area contributed by atoms with Gasteiger partial charge in [-0.05, 0) is 87.8 Å². The first-order chi connectivity index (χ1) is 18.7. The van der Waals surface area contributed by atoms with Gasteiger partial charge in [0.2, 0.25) is 0 Å². The molecule has 0 bridgehead atoms. The monoisotopic (exact) mass is 699 g/mol. The van der Waals surface area contributed by atoms with Crippen molar-refractivity contribution in [1.82, 2.24) is 4.98 Å². The van der Waals surface area contributed by atoms with Crippen LogP contribution in [-0.2, 0) is 44.2 Å². The number of nitrogens with zero attached hydrogens (tertiary/aromatic N) is 3. The summed E-state index contributed by atoms with van der Waals surface area (Å²) in [5.41, 5.74) is 13.4. The van der Waals surface area contributed by atoms with E-state index >= 15 is 0 Å². The molecule has 0 spiro atoms. The number of hydrogen-bond donors (Lipinski definition) is 0. The number of rotatable bonds is 12. The second kappa shape index (κ2) is 21.4. The van der Waals surface area contributed by atoms with Crippen LogP contribution in [0.25, 0.3) is 0 Å². The van der Waals surface area contributed by atoms with Gasteiger partial charge in [-0.2, -0.15) is 0 Å². The Labute approximate surface area is 296 Å². The fourth-order valence-corrected chi connectivity index (χ4v) is 5.52. The molecule has 0 unspecified atom stereocenters. The number of aryl methyl sites for hydroxylation is 6. The van der Waals surface area contributed by atoms with Crippen LogP contribution in [0.15, 0.2) is 46.4 Å². The maximum atomic E-state index is 6.66. The average molecular weight is 702 g/mol. The SMILES string of the molecule is CCCc1cc(C)cc(CCC)c1N=C(C)c1cc(Cl)cc(C(C)=Nc2c(CCC)cc(C)cc2CCC)n1.[Cl-].[Cl-].[Cl-].[V+3]. The summed E-state index contributed by atoms with van der Waals surface area (Å²) in [4.78, 5) is 15.4. The van der Waals surface area contributed by atoms with E-state index in [4.69, 9.17) is 26.6 Å². The molecule has 0 aliphatic carbocycles. The molecule has 0 atom stereocenters. The summed E-state index contributed by atoms with van der Waals surface area (Å²) in [7, 11) is 0. The molecule has 234 valence electrons. The van der Waals surface area contributed by atoms with E-state index in [1.807, 2.05) is 26.0 Å². The van der Waals surface area contributed by atoms with Crippen molar-refractivity contribution in [1.29, 1.82) is 0 Å². The molecule has 0 saturated heterocycles. The van der Waals surface area contributed by atoms with Crippen molar-refractivity contribution < 1.29 is 55.8 Å². The van der Waals surface area contributed by atoms with Gasteiger partial charge in [-0.3, -0.25) is 9.98 Å². The van der Waals surface area contributed by atoms with E-state index in [2.05, 4.69) is 65.8 Å². The summed E-state index contributed by atoms with van der Waals surface area (Å²) in [6.07, 6.45) is 8.41. The van der Waals surface area contributed by atoms with Crippen LogP contribution in [0.4, 0.5) is 11.4 Å². The molecule has 0 fully saturated rings. The number of hydrogen-bond acceptors (Lipinski definition) is 3. The fourth-order valence-electron chi connectivity index (χ4n) is 5.31. The summed E-state index contributed by atoms with van der Waals surface area (Å²) in [6.45, 7) is 17.3. The van der Waals surface area contributed by atoms with E-state index in [0.717, 1.165) is 85.6 Å². The molecule has 8 heteroatoms. The van der Waals surface area contributed by atoms with E-state index in [-0.39, 0.29) is 55.8 Å². The number of benzene rings is 2. The van der Waals surface area contributed by atoms with Crippen LogP contribution in [0, 0.1) is 13.8 Å². The Hall–Kier alpha value is -1.33. The molecule has 0 aliphatic rings. The van der Waals surface area contributed by atoms with Crippen LogP contribution >= 0.6 is 11.6 Å². The van der Waals surface area contributed by atoms with Gasteiger partial charge in [-0.1, -0.05) is 100 Å². The van der Waals surface area contributed by atoms with Crippen molar-refractivity contribution in [3.05, 3.63) is 86.2 Å². The standard InChI is InChI=1S/C35H46ClN3.3ClH.V/c1-9-13-27-17-23(5)18-28(14-10-2)34(27)37-25(7)32-21-31(36)22-33(39-32)26(8)38-35-29(15-11-3)19-24(6)20-30(35)16-12-4;;;;/h17-22H,9-16H2,1-8H3;3*1H;/q;;;;+3/p-3. The predicted octanol–water partition coefficient (Wildman–Crippen LogP) is 1.45. The maximum absolute atomic E-state index is 6.66. The van der Waals surface area contributed by atoms with Crippen LogP contribution in [0.5, 0.6) is 0 Å². The molecular weight excluding hydrogens is 655 g/mol. The Balaban J connectivity index is 0. The minimum Gasteiger partial charge on any atom is -1.00 e. The molecule has 1 aromatic heterocycles. The average Bonchev–Trinajstić information content (AvgIpc) is 2.88. The van der Waals surface area contributed by atoms with Crippen LogP contribution in [-0.4, -0.2) is 16.4 Å². The number of pyridine rings is 1. The van der Waals surface area contributed by atoms with E-state index < -0.39 is 0 Å². The molecule has 0 saturated carbocycles. The van der Waals surface area contributed by atoms with Gasteiger partial charge in [-0.15, -0.1) is 0 Å². The van der Waals surface area contributed by atoms with Crippen molar-refractivity contribution in [2.45, 2.75) is 107 Å². The molecule has 3 aromatic rings. The summed E-state index contributed by atoms with van der Waals surface area (Å²) in [6, 6.07) is 13.0. The molecule has 3 nitrogen and oxygen atoms in total. The predicted molar refractivity (Wildman–Crippen MR) is 171 cm³/mol. The molecule has 0 radical (unpaired) electrons. The van der Waals surface area contributed by atoms with E-state index in [9.17, 15) is 0 Å². The van der Waals surface area contributed by atoms with Crippen LogP contribution < -0.4 is 37.2 Å². The molecular formula is C35H46Cl4N3V. The van der Waals surface area contributed by atoms with E-state index in [1.54, 1.807) is 0 Å². The zero-order valence-electron chi connectivity index (χ0n) is 26.9. The van der Waals surface area contributed by atoms with Crippen LogP contribution in [0.3, 0.4) is 0 Å². The molecule has 0 amide bonds. The van der Waals surface area contributed by atoms with E-state index in [0.29, 0.717) is 5.02 Å². The number of aliphatic imine (C=N–C) groups is 2. The van der Waals surface area contributed by atoms with Crippen molar-refractivity contribution in [2.75, 3.05) is 0 Å². The van der Waals surface area contributed by atoms with Gasteiger partial charge in [0.15, 0.2) is 0 Å². The smallest absolute Gasteiger partial charge is 1.00 e. The van der Waals surface area contributed by atoms with Crippen molar-refractivity contribution in [3.8, 4) is 0 Å². The minimum atomic E-state index is 0. The third-order valence-electron chi connectivity index (χ3n) is 6.99.